The molecule has 114 valence electrons. The molecule has 0 aromatic carbocycles. The molecule has 0 aliphatic rings. The summed E-state index contributed by atoms with van der Waals surface area (Å²) in [7, 11) is 3.84. The number of ether oxygens (including phenoxy) is 1. The summed E-state index contributed by atoms with van der Waals surface area (Å²) >= 11 is 0. The Hall–Kier alpha value is -1.63. The van der Waals surface area contributed by atoms with Gasteiger partial charge in [0, 0.05) is 40.3 Å². The third-order valence-electron chi connectivity index (χ3n) is 2.72. The Labute approximate surface area is 121 Å². The van der Waals surface area contributed by atoms with Gasteiger partial charge in [0.2, 0.25) is 17.8 Å². The van der Waals surface area contributed by atoms with Crippen LogP contribution in [0.4, 0.5) is 17.8 Å². The highest BCUT2D eigenvalue weighted by atomic mass is 16.5. The van der Waals surface area contributed by atoms with E-state index in [0.717, 1.165) is 26.2 Å². The molecule has 0 radical (unpaired) electrons. The van der Waals surface area contributed by atoms with Gasteiger partial charge in [0.15, 0.2) is 0 Å². The van der Waals surface area contributed by atoms with Gasteiger partial charge in [0.25, 0.3) is 0 Å². The third kappa shape index (κ3) is 4.80. The SMILES string of the molecule is CCNc1nc(N(C)C)nc(N(CC)CCOCC)n1. The van der Waals surface area contributed by atoms with Crippen molar-refractivity contribution < 1.29 is 4.74 Å². The van der Waals surface area contributed by atoms with Crippen LogP contribution in [0.25, 0.3) is 0 Å². The average Bonchev–Trinajstić information content (AvgIpc) is 2.43. The fraction of sp³-hybridized carbons (Fsp3) is 0.769. The van der Waals surface area contributed by atoms with Gasteiger partial charge in [-0.25, -0.2) is 0 Å². The van der Waals surface area contributed by atoms with Crippen LogP contribution in [0.5, 0.6) is 0 Å². The zero-order valence-electron chi connectivity index (χ0n) is 13.2. The van der Waals surface area contributed by atoms with E-state index in [9.17, 15) is 0 Å². The second-order valence-electron chi connectivity index (χ2n) is 4.46. The van der Waals surface area contributed by atoms with E-state index in [1.165, 1.54) is 0 Å². The maximum Gasteiger partial charge on any atom is 0.232 e. The van der Waals surface area contributed by atoms with Gasteiger partial charge in [-0.15, -0.1) is 0 Å². The fourth-order valence-corrected chi connectivity index (χ4v) is 1.65. The summed E-state index contributed by atoms with van der Waals surface area (Å²) in [5.41, 5.74) is 0. The van der Waals surface area contributed by atoms with Crippen LogP contribution < -0.4 is 15.1 Å². The molecule has 1 N–H and O–H groups in total. The van der Waals surface area contributed by atoms with E-state index in [4.69, 9.17) is 4.74 Å². The van der Waals surface area contributed by atoms with Crippen LogP contribution in [0.2, 0.25) is 0 Å². The number of rotatable bonds is 9. The molecule has 0 fully saturated rings. The predicted molar refractivity (Wildman–Crippen MR) is 82.7 cm³/mol. The Morgan fingerprint density at radius 1 is 1.05 bits per heavy atom. The lowest BCUT2D eigenvalue weighted by atomic mass is 10.5. The number of nitrogens with one attached hydrogen (secondary N) is 1. The van der Waals surface area contributed by atoms with Gasteiger partial charge >= 0.3 is 0 Å². The first-order valence-electron chi connectivity index (χ1n) is 7.12. The quantitative estimate of drug-likeness (QED) is 0.683. The normalized spacial score (nSPS) is 10.4. The molecule has 0 bridgehead atoms. The zero-order chi connectivity index (χ0) is 15.0. The van der Waals surface area contributed by atoms with Gasteiger partial charge in [-0.3, -0.25) is 0 Å². The first-order valence-corrected chi connectivity index (χ1v) is 7.12. The Kier molecular flexibility index (Phi) is 7.00. The van der Waals surface area contributed by atoms with Crippen molar-refractivity contribution in [3.63, 3.8) is 0 Å². The molecule has 0 atom stereocenters. The molecule has 0 saturated heterocycles. The highest BCUT2D eigenvalue weighted by Crippen LogP contribution is 2.14. The number of anilines is 3. The summed E-state index contributed by atoms with van der Waals surface area (Å²) in [6.45, 7) is 9.87. The molecule has 0 unspecified atom stereocenters. The molecular weight excluding hydrogens is 256 g/mol. The van der Waals surface area contributed by atoms with E-state index < -0.39 is 0 Å². The summed E-state index contributed by atoms with van der Waals surface area (Å²) in [6.07, 6.45) is 0. The molecule has 1 heterocycles. The number of hydrogen-bond acceptors (Lipinski definition) is 7. The summed E-state index contributed by atoms with van der Waals surface area (Å²) in [4.78, 5) is 17.3. The van der Waals surface area contributed by atoms with Gasteiger partial charge in [0.05, 0.1) is 6.61 Å². The van der Waals surface area contributed by atoms with Crippen LogP contribution in [0.3, 0.4) is 0 Å². The number of likely N-dealkylation sites (N-methyl/N-ethyl adjacent to an activating group) is 1. The zero-order valence-corrected chi connectivity index (χ0v) is 13.2. The first kappa shape index (κ1) is 16.4. The monoisotopic (exact) mass is 282 g/mol. The molecule has 0 aliphatic carbocycles. The van der Waals surface area contributed by atoms with Crippen LogP contribution >= 0.6 is 0 Å². The minimum absolute atomic E-state index is 0.607. The van der Waals surface area contributed by atoms with Crippen molar-refractivity contribution in [2.24, 2.45) is 0 Å². The average molecular weight is 282 g/mol. The van der Waals surface area contributed by atoms with Crippen LogP contribution in [-0.4, -0.2) is 61.9 Å². The van der Waals surface area contributed by atoms with Gasteiger partial charge in [-0.1, -0.05) is 0 Å². The van der Waals surface area contributed by atoms with Gasteiger partial charge in [-0.2, -0.15) is 15.0 Å². The second-order valence-corrected chi connectivity index (χ2v) is 4.46. The smallest absolute Gasteiger partial charge is 0.232 e. The minimum Gasteiger partial charge on any atom is -0.380 e. The molecule has 1 aromatic heterocycles. The molecule has 7 nitrogen and oxygen atoms in total. The highest BCUT2D eigenvalue weighted by Gasteiger charge is 2.13. The Balaban J connectivity index is 2.94. The molecular formula is C13H26N6O. The van der Waals surface area contributed by atoms with Crippen LogP contribution in [0, 0.1) is 0 Å². The van der Waals surface area contributed by atoms with Crippen molar-refractivity contribution in [3.8, 4) is 0 Å². The topological polar surface area (TPSA) is 66.4 Å². The van der Waals surface area contributed by atoms with Crippen molar-refractivity contribution in [3.05, 3.63) is 0 Å². The Morgan fingerprint density at radius 3 is 2.30 bits per heavy atom. The molecule has 1 aromatic rings. The van der Waals surface area contributed by atoms with Gasteiger partial charge < -0.3 is 19.9 Å². The van der Waals surface area contributed by atoms with Crippen molar-refractivity contribution >= 4 is 17.8 Å². The largest absolute Gasteiger partial charge is 0.380 e. The number of aromatic nitrogens is 3. The summed E-state index contributed by atoms with van der Waals surface area (Å²) in [6, 6.07) is 0. The van der Waals surface area contributed by atoms with E-state index in [1.807, 2.05) is 32.8 Å². The number of hydrogen-bond donors (Lipinski definition) is 1. The molecule has 1 rings (SSSR count). The maximum atomic E-state index is 5.40. The Morgan fingerprint density at radius 2 is 1.75 bits per heavy atom. The standard InChI is InChI=1S/C13H26N6O/c1-6-14-11-15-12(18(4)5)17-13(16-11)19(7-2)9-10-20-8-3/h6-10H2,1-5H3,(H,14,15,16,17). The minimum atomic E-state index is 0.607. The summed E-state index contributed by atoms with van der Waals surface area (Å²) in [5.74, 6) is 1.94. The molecule has 0 aliphatic heterocycles. The maximum absolute atomic E-state index is 5.40. The van der Waals surface area contributed by atoms with E-state index in [1.54, 1.807) is 0 Å². The van der Waals surface area contributed by atoms with Crippen molar-refractivity contribution in [2.75, 3.05) is 62.1 Å². The first-order chi connectivity index (χ1) is 9.62. The second kappa shape index (κ2) is 8.52. The van der Waals surface area contributed by atoms with Crippen molar-refractivity contribution in [1.29, 1.82) is 0 Å². The molecule has 0 spiro atoms. The molecule has 20 heavy (non-hydrogen) atoms. The number of nitrogens with zero attached hydrogens (tertiary/aromatic N) is 5. The lowest BCUT2D eigenvalue weighted by Crippen LogP contribution is -2.30. The lowest BCUT2D eigenvalue weighted by molar-refractivity contribution is 0.153. The van der Waals surface area contributed by atoms with E-state index in [-0.39, 0.29) is 0 Å². The fourth-order valence-electron chi connectivity index (χ4n) is 1.65. The predicted octanol–water partition coefficient (Wildman–Crippen LogP) is 1.23. The summed E-state index contributed by atoms with van der Waals surface area (Å²) in [5, 5.41) is 3.14. The highest BCUT2D eigenvalue weighted by molar-refractivity contribution is 5.44. The third-order valence-corrected chi connectivity index (χ3v) is 2.72. The molecule has 7 heteroatoms. The molecule has 0 saturated carbocycles. The summed E-state index contributed by atoms with van der Waals surface area (Å²) < 4.78 is 5.40. The van der Waals surface area contributed by atoms with Crippen molar-refractivity contribution in [1.82, 2.24) is 15.0 Å². The Bertz CT molecular complexity index is 398. The van der Waals surface area contributed by atoms with Crippen LogP contribution in [-0.2, 0) is 4.74 Å². The van der Waals surface area contributed by atoms with Crippen LogP contribution in [0.1, 0.15) is 20.8 Å². The van der Waals surface area contributed by atoms with E-state index >= 15 is 0 Å². The lowest BCUT2D eigenvalue weighted by Gasteiger charge is -2.22. The van der Waals surface area contributed by atoms with E-state index in [2.05, 4.69) is 32.1 Å². The van der Waals surface area contributed by atoms with Gasteiger partial charge in [0.1, 0.15) is 0 Å². The van der Waals surface area contributed by atoms with Crippen molar-refractivity contribution in [2.45, 2.75) is 20.8 Å². The molecule has 0 amide bonds. The van der Waals surface area contributed by atoms with Gasteiger partial charge in [-0.05, 0) is 20.8 Å². The van der Waals surface area contributed by atoms with Crippen LogP contribution in [0.15, 0.2) is 0 Å². The van der Waals surface area contributed by atoms with E-state index in [0.29, 0.717) is 24.5 Å².